The number of allylic oxidation sites excluding steroid dienone is 1. The molecule has 0 amide bonds. The zero-order chi connectivity index (χ0) is 9.84. The van der Waals surface area contributed by atoms with E-state index in [0.717, 1.165) is 0 Å². The van der Waals surface area contributed by atoms with Crippen LogP contribution in [0.3, 0.4) is 0 Å². The van der Waals surface area contributed by atoms with Crippen LogP contribution >= 0.6 is 11.8 Å². The molecule has 74 valence electrons. The van der Waals surface area contributed by atoms with Gasteiger partial charge in [0, 0.05) is 22.9 Å². The summed E-state index contributed by atoms with van der Waals surface area (Å²) >= 11 is 1.74. The van der Waals surface area contributed by atoms with Gasteiger partial charge in [-0.3, -0.25) is 0 Å². The molecule has 3 heteroatoms. The van der Waals surface area contributed by atoms with E-state index in [0.29, 0.717) is 12.0 Å². The molecule has 13 heavy (non-hydrogen) atoms. The molecule has 0 saturated heterocycles. The molecular formula is C10H18N2S. The van der Waals surface area contributed by atoms with Crippen molar-refractivity contribution in [1.82, 2.24) is 5.32 Å². The first-order valence-electron chi connectivity index (χ1n) is 4.56. The van der Waals surface area contributed by atoms with Gasteiger partial charge in [0.25, 0.3) is 0 Å². The van der Waals surface area contributed by atoms with Crippen molar-refractivity contribution in [1.29, 1.82) is 0 Å². The van der Waals surface area contributed by atoms with E-state index in [2.05, 4.69) is 36.7 Å². The third-order valence-electron chi connectivity index (χ3n) is 2.55. The lowest BCUT2D eigenvalue weighted by molar-refractivity contribution is 0.429. The summed E-state index contributed by atoms with van der Waals surface area (Å²) in [4.78, 5) is 1.27. The summed E-state index contributed by atoms with van der Waals surface area (Å²) in [6.07, 6.45) is 8.58. The summed E-state index contributed by atoms with van der Waals surface area (Å²) in [6.45, 7) is 2.16. The topological polar surface area (TPSA) is 38.0 Å². The number of thioether (sulfide) groups is 1. The number of hydrogen-bond donors (Lipinski definition) is 2. The standard InChI is InChI=1S/C10H18N2S/c1-7(12-2)9-5-4-8(13-3)6-10(9)11/h4-7,9-10,12H,11H2,1-3H3/t7?,9?,10-/m0/s1. The first-order chi connectivity index (χ1) is 6.19. The molecule has 2 nitrogen and oxygen atoms in total. The van der Waals surface area contributed by atoms with E-state index < -0.39 is 0 Å². The van der Waals surface area contributed by atoms with E-state index in [-0.39, 0.29) is 6.04 Å². The van der Waals surface area contributed by atoms with Crippen molar-refractivity contribution >= 4 is 11.8 Å². The van der Waals surface area contributed by atoms with E-state index in [1.807, 2.05) is 7.05 Å². The normalized spacial score (nSPS) is 30.0. The molecule has 0 fully saturated rings. The highest BCUT2D eigenvalue weighted by molar-refractivity contribution is 8.02. The van der Waals surface area contributed by atoms with Crippen molar-refractivity contribution in [2.45, 2.75) is 19.0 Å². The second-order valence-corrected chi connectivity index (χ2v) is 4.24. The molecule has 3 atom stereocenters. The van der Waals surface area contributed by atoms with Gasteiger partial charge in [0.2, 0.25) is 0 Å². The van der Waals surface area contributed by atoms with Crippen LogP contribution in [0.15, 0.2) is 23.1 Å². The fourth-order valence-corrected chi connectivity index (χ4v) is 2.03. The van der Waals surface area contributed by atoms with Crippen molar-refractivity contribution in [2.24, 2.45) is 11.7 Å². The number of rotatable bonds is 3. The third-order valence-corrected chi connectivity index (χ3v) is 3.30. The number of nitrogens with two attached hydrogens (primary N) is 1. The Balaban J connectivity index is 2.65. The Morgan fingerprint density at radius 3 is 2.77 bits per heavy atom. The Labute approximate surface area is 84.7 Å². The quantitative estimate of drug-likeness (QED) is 0.719. The Kier molecular flexibility index (Phi) is 4.03. The molecule has 0 saturated carbocycles. The van der Waals surface area contributed by atoms with Crippen LogP contribution in [-0.2, 0) is 0 Å². The van der Waals surface area contributed by atoms with Gasteiger partial charge in [-0.2, -0.15) is 0 Å². The van der Waals surface area contributed by atoms with Crippen LogP contribution in [0.4, 0.5) is 0 Å². The molecule has 1 aliphatic carbocycles. The minimum absolute atomic E-state index is 0.148. The summed E-state index contributed by atoms with van der Waals surface area (Å²) in [5.74, 6) is 0.417. The van der Waals surface area contributed by atoms with Gasteiger partial charge >= 0.3 is 0 Å². The molecule has 0 spiro atoms. The largest absolute Gasteiger partial charge is 0.324 e. The van der Waals surface area contributed by atoms with Crippen molar-refractivity contribution in [3.05, 3.63) is 23.1 Å². The first-order valence-corrected chi connectivity index (χ1v) is 5.78. The number of nitrogens with one attached hydrogen (secondary N) is 1. The Morgan fingerprint density at radius 2 is 2.31 bits per heavy atom. The van der Waals surface area contributed by atoms with Crippen LogP contribution in [0.2, 0.25) is 0 Å². The Hall–Kier alpha value is -0.250. The van der Waals surface area contributed by atoms with Gasteiger partial charge in [0.15, 0.2) is 0 Å². The predicted molar refractivity (Wildman–Crippen MR) is 60.7 cm³/mol. The van der Waals surface area contributed by atoms with Crippen LogP contribution in [-0.4, -0.2) is 25.4 Å². The van der Waals surface area contributed by atoms with Gasteiger partial charge in [-0.05, 0) is 20.2 Å². The fraction of sp³-hybridized carbons (Fsp3) is 0.600. The zero-order valence-electron chi connectivity index (χ0n) is 8.45. The molecule has 3 N–H and O–H groups in total. The SMILES string of the molecule is CNC(C)C1C=CC(SC)=C[C@@H]1N. The highest BCUT2D eigenvalue weighted by atomic mass is 32.2. The molecule has 0 aromatic carbocycles. The average Bonchev–Trinajstić information content (AvgIpc) is 2.16. The van der Waals surface area contributed by atoms with E-state index in [1.165, 1.54) is 4.91 Å². The van der Waals surface area contributed by atoms with Crippen LogP contribution in [0.25, 0.3) is 0 Å². The summed E-state index contributed by atoms with van der Waals surface area (Å²) in [5.41, 5.74) is 6.04. The minimum atomic E-state index is 0.148. The van der Waals surface area contributed by atoms with Crippen molar-refractivity contribution in [2.75, 3.05) is 13.3 Å². The smallest absolute Gasteiger partial charge is 0.0316 e. The molecule has 0 bridgehead atoms. The maximum absolute atomic E-state index is 6.04. The molecular weight excluding hydrogens is 180 g/mol. The Bertz CT molecular complexity index is 223. The van der Waals surface area contributed by atoms with Crippen molar-refractivity contribution in [3.63, 3.8) is 0 Å². The predicted octanol–water partition coefficient (Wildman–Crippen LogP) is 1.35. The second kappa shape index (κ2) is 4.84. The maximum atomic E-state index is 6.04. The van der Waals surface area contributed by atoms with Crippen molar-refractivity contribution in [3.8, 4) is 0 Å². The second-order valence-electron chi connectivity index (χ2n) is 3.36. The first kappa shape index (κ1) is 10.8. The Morgan fingerprint density at radius 1 is 1.62 bits per heavy atom. The van der Waals surface area contributed by atoms with Crippen LogP contribution < -0.4 is 11.1 Å². The van der Waals surface area contributed by atoms with Crippen LogP contribution in [0, 0.1) is 5.92 Å². The molecule has 0 aromatic heterocycles. The van der Waals surface area contributed by atoms with Gasteiger partial charge in [0.05, 0.1) is 0 Å². The molecule has 0 radical (unpaired) electrons. The average molecular weight is 198 g/mol. The summed E-state index contributed by atoms with van der Waals surface area (Å²) in [6, 6.07) is 0.584. The molecule has 0 aromatic rings. The van der Waals surface area contributed by atoms with E-state index in [1.54, 1.807) is 11.8 Å². The van der Waals surface area contributed by atoms with Gasteiger partial charge in [-0.25, -0.2) is 0 Å². The summed E-state index contributed by atoms with van der Waals surface area (Å²) in [5, 5.41) is 3.23. The van der Waals surface area contributed by atoms with Crippen LogP contribution in [0.1, 0.15) is 6.92 Å². The lowest BCUT2D eigenvalue weighted by Crippen LogP contribution is -2.41. The highest BCUT2D eigenvalue weighted by Gasteiger charge is 2.21. The van der Waals surface area contributed by atoms with E-state index in [4.69, 9.17) is 5.73 Å². The molecule has 2 unspecified atom stereocenters. The summed E-state index contributed by atoms with van der Waals surface area (Å²) < 4.78 is 0. The fourth-order valence-electron chi connectivity index (χ4n) is 1.52. The lowest BCUT2D eigenvalue weighted by Gasteiger charge is -2.27. The monoisotopic (exact) mass is 198 g/mol. The van der Waals surface area contributed by atoms with Crippen molar-refractivity contribution < 1.29 is 0 Å². The highest BCUT2D eigenvalue weighted by Crippen LogP contribution is 2.24. The van der Waals surface area contributed by atoms with Gasteiger partial charge in [-0.1, -0.05) is 18.2 Å². The zero-order valence-corrected chi connectivity index (χ0v) is 9.27. The molecule has 0 aliphatic heterocycles. The third kappa shape index (κ3) is 2.59. The molecule has 0 heterocycles. The summed E-state index contributed by atoms with van der Waals surface area (Å²) in [7, 11) is 1.97. The lowest BCUT2D eigenvalue weighted by atomic mass is 9.90. The van der Waals surface area contributed by atoms with E-state index in [9.17, 15) is 0 Å². The van der Waals surface area contributed by atoms with Gasteiger partial charge in [-0.15, -0.1) is 11.8 Å². The molecule has 1 aliphatic rings. The van der Waals surface area contributed by atoms with E-state index >= 15 is 0 Å². The minimum Gasteiger partial charge on any atom is -0.324 e. The van der Waals surface area contributed by atoms with Gasteiger partial charge in [0.1, 0.15) is 0 Å². The maximum Gasteiger partial charge on any atom is 0.0316 e. The van der Waals surface area contributed by atoms with Crippen LogP contribution in [0.5, 0.6) is 0 Å². The van der Waals surface area contributed by atoms with Gasteiger partial charge < -0.3 is 11.1 Å². The number of hydrogen-bond acceptors (Lipinski definition) is 3. The molecule has 1 rings (SSSR count).